The highest BCUT2D eigenvalue weighted by Gasteiger charge is 2.25. The van der Waals surface area contributed by atoms with E-state index < -0.39 is 0 Å². The number of para-hydroxylation sites is 1. The molecule has 0 bridgehead atoms. The van der Waals surface area contributed by atoms with E-state index in [0.717, 1.165) is 10.6 Å². The van der Waals surface area contributed by atoms with Crippen LogP contribution in [0.15, 0.2) is 29.2 Å². The second-order valence-electron chi connectivity index (χ2n) is 2.77. The molecule has 0 spiro atoms. The Morgan fingerprint density at radius 3 is 3.00 bits per heavy atom. The SMILES string of the molecule is O=C1Nc2ccccc2SC1CO. The van der Waals surface area contributed by atoms with E-state index in [1.807, 2.05) is 24.3 Å². The number of aliphatic hydroxyl groups is 1. The summed E-state index contributed by atoms with van der Waals surface area (Å²) < 4.78 is 0. The van der Waals surface area contributed by atoms with E-state index in [1.165, 1.54) is 11.8 Å². The smallest absolute Gasteiger partial charge is 0.240 e. The third-order valence-electron chi connectivity index (χ3n) is 1.87. The fourth-order valence-corrected chi connectivity index (χ4v) is 2.16. The van der Waals surface area contributed by atoms with Crippen LogP contribution < -0.4 is 5.32 Å². The van der Waals surface area contributed by atoms with Crippen LogP contribution in [-0.2, 0) is 4.79 Å². The van der Waals surface area contributed by atoms with Gasteiger partial charge in [-0.05, 0) is 12.1 Å². The predicted molar refractivity (Wildman–Crippen MR) is 51.8 cm³/mol. The van der Waals surface area contributed by atoms with Crippen LogP contribution >= 0.6 is 11.8 Å². The van der Waals surface area contributed by atoms with E-state index in [1.54, 1.807) is 0 Å². The Balaban J connectivity index is 2.33. The van der Waals surface area contributed by atoms with Crippen LogP contribution in [0.4, 0.5) is 5.69 Å². The van der Waals surface area contributed by atoms with Crippen molar-refractivity contribution < 1.29 is 9.90 Å². The Bertz CT molecular complexity index is 340. The lowest BCUT2D eigenvalue weighted by Gasteiger charge is -2.22. The van der Waals surface area contributed by atoms with Crippen molar-refractivity contribution in [1.29, 1.82) is 0 Å². The van der Waals surface area contributed by atoms with Gasteiger partial charge in [0.15, 0.2) is 0 Å². The normalized spacial score (nSPS) is 20.7. The lowest BCUT2D eigenvalue weighted by molar-refractivity contribution is -0.116. The van der Waals surface area contributed by atoms with Gasteiger partial charge in [0.1, 0.15) is 5.25 Å². The number of fused-ring (bicyclic) bond motifs is 1. The number of thioether (sulfide) groups is 1. The van der Waals surface area contributed by atoms with Gasteiger partial charge in [-0.25, -0.2) is 0 Å². The maximum atomic E-state index is 11.3. The van der Waals surface area contributed by atoms with Gasteiger partial charge in [-0.15, -0.1) is 11.8 Å². The third-order valence-corrected chi connectivity index (χ3v) is 3.13. The minimum absolute atomic E-state index is 0.119. The molecule has 1 aromatic carbocycles. The first kappa shape index (κ1) is 8.59. The summed E-state index contributed by atoms with van der Waals surface area (Å²) in [4.78, 5) is 12.3. The predicted octanol–water partition coefficient (Wildman–Crippen LogP) is 1.09. The van der Waals surface area contributed by atoms with Gasteiger partial charge in [0.25, 0.3) is 0 Å². The molecule has 1 heterocycles. The molecule has 0 aliphatic carbocycles. The number of rotatable bonds is 1. The second-order valence-corrected chi connectivity index (χ2v) is 4.02. The van der Waals surface area contributed by atoms with E-state index in [-0.39, 0.29) is 17.8 Å². The summed E-state index contributed by atoms with van der Waals surface area (Å²) in [7, 11) is 0. The van der Waals surface area contributed by atoms with Crippen LogP contribution in [0, 0.1) is 0 Å². The first-order chi connectivity index (χ1) is 6.31. The average molecular weight is 195 g/mol. The maximum Gasteiger partial charge on any atom is 0.240 e. The van der Waals surface area contributed by atoms with Crippen molar-refractivity contribution in [2.45, 2.75) is 10.1 Å². The molecular weight excluding hydrogens is 186 g/mol. The zero-order valence-electron chi connectivity index (χ0n) is 6.86. The number of carbonyl (C=O) groups is 1. The minimum atomic E-state index is -0.366. The molecule has 0 fully saturated rings. The van der Waals surface area contributed by atoms with Crippen LogP contribution in [0.5, 0.6) is 0 Å². The number of anilines is 1. The van der Waals surface area contributed by atoms with Crippen molar-refractivity contribution in [2.75, 3.05) is 11.9 Å². The first-order valence-electron chi connectivity index (χ1n) is 3.98. The zero-order chi connectivity index (χ0) is 9.26. The Morgan fingerprint density at radius 1 is 1.46 bits per heavy atom. The molecule has 0 saturated carbocycles. The van der Waals surface area contributed by atoms with Crippen molar-refractivity contribution >= 4 is 23.4 Å². The van der Waals surface area contributed by atoms with Crippen molar-refractivity contribution in [3.63, 3.8) is 0 Å². The quantitative estimate of drug-likeness (QED) is 0.705. The monoisotopic (exact) mass is 195 g/mol. The van der Waals surface area contributed by atoms with Crippen molar-refractivity contribution in [3.8, 4) is 0 Å². The van der Waals surface area contributed by atoms with Gasteiger partial charge in [-0.2, -0.15) is 0 Å². The minimum Gasteiger partial charge on any atom is -0.395 e. The zero-order valence-corrected chi connectivity index (χ0v) is 7.67. The van der Waals surface area contributed by atoms with Gasteiger partial charge in [0.2, 0.25) is 5.91 Å². The molecule has 1 atom stereocenters. The fourth-order valence-electron chi connectivity index (χ4n) is 1.21. The molecule has 0 aromatic heterocycles. The van der Waals surface area contributed by atoms with E-state index in [0.29, 0.717) is 0 Å². The van der Waals surface area contributed by atoms with Crippen LogP contribution in [-0.4, -0.2) is 22.9 Å². The molecule has 0 saturated heterocycles. The number of hydrogen-bond donors (Lipinski definition) is 2. The number of aliphatic hydroxyl groups excluding tert-OH is 1. The Hall–Kier alpha value is -1.00. The highest BCUT2D eigenvalue weighted by atomic mass is 32.2. The summed E-state index contributed by atoms with van der Waals surface area (Å²) in [6.45, 7) is -0.120. The highest BCUT2D eigenvalue weighted by Crippen LogP contribution is 2.34. The maximum absolute atomic E-state index is 11.3. The number of hydrogen-bond acceptors (Lipinski definition) is 3. The van der Waals surface area contributed by atoms with Crippen molar-refractivity contribution in [2.24, 2.45) is 0 Å². The summed E-state index contributed by atoms with van der Waals surface area (Å²) in [5.74, 6) is -0.119. The van der Waals surface area contributed by atoms with Crippen LogP contribution in [0.3, 0.4) is 0 Å². The molecule has 4 heteroatoms. The summed E-state index contributed by atoms with van der Waals surface area (Å²) >= 11 is 1.40. The lowest BCUT2D eigenvalue weighted by atomic mass is 10.3. The molecule has 1 aliphatic heterocycles. The largest absolute Gasteiger partial charge is 0.395 e. The molecule has 1 amide bonds. The van der Waals surface area contributed by atoms with Crippen molar-refractivity contribution in [3.05, 3.63) is 24.3 Å². The van der Waals surface area contributed by atoms with E-state index >= 15 is 0 Å². The number of benzene rings is 1. The molecule has 2 N–H and O–H groups in total. The number of nitrogens with one attached hydrogen (secondary N) is 1. The van der Waals surface area contributed by atoms with Gasteiger partial charge in [-0.1, -0.05) is 12.1 Å². The molecule has 1 unspecified atom stereocenters. The second kappa shape index (κ2) is 3.40. The summed E-state index contributed by atoms with van der Waals surface area (Å²) in [5, 5.41) is 11.3. The fraction of sp³-hybridized carbons (Fsp3) is 0.222. The number of carbonyl (C=O) groups excluding carboxylic acids is 1. The van der Waals surface area contributed by atoms with Crippen LogP contribution in [0.2, 0.25) is 0 Å². The van der Waals surface area contributed by atoms with Gasteiger partial charge in [-0.3, -0.25) is 4.79 Å². The van der Waals surface area contributed by atoms with Gasteiger partial charge in [0.05, 0.1) is 12.3 Å². The average Bonchev–Trinajstić information content (AvgIpc) is 2.17. The molecule has 0 radical (unpaired) electrons. The van der Waals surface area contributed by atoms with Gasteiger partial charge < -0.3 is 10.4 Å². The standard InChI is InChI=1S/C9H9NO2S/c11-5-8-9(12)10-6-3-1-2-4-7(6)13-8/h1-4,8,11H,5H2,(H,10,12). The highest BCUT2D eigenvalue weighted by molar-refractivity contribution is 8.01. The Kier molecular flexibility index (Phi) is 2.24. The molecule has 3 nitrogen and oxygen atoms in total. The number of amides is 1. The van der Waals surface area contributed by atoms with Crippen LogP contribution in [0.25, 0.3) is 0 Å². The molecule has 13 heavy (non-hydrogen) atoms. The van der Waals surface area contributed by atoms with E-state index in [4.69, 9.17) is 5.11 Å². The van der Waals surface area contributed by atoms with Gasteiger partial charge in [0, 0.05) is 4.90 Å². The summed E-state index contributed by atoms with van der Waals surface area (Å²) in [6.07, 6.45) is 0. The molecule has 68 valence electrons. The summed E-state index contributed by atoms with van der Waals surface area (Å²) in [6, 6.07) is 7.58. The molecular formula is C9H9NO2S. The lowest BCUT2D eigenvalue weighted by Crippen LogP contribution is -2.31. The first-order valence-corrected chi connectivity index (χ1v) is 4.86. The molecule has 1 aliphatic rings. The third kappa shape index (κ3) is 1.55. The van der Waals surface area contributed by atoms with Crippen LogP contribution in [0.1, 0.15) is 0 Å². The van der Waals surface area contributed by atoms with Crippen molar-refractivity contribution in [1.82, 2.24) is 0 Å². The molecule has 1 aromatic rings. The topological polar surface area (TPSA) is 49.3 Å². The van der Waals surface area contributed by atoms with E-state index in [9.17, 15) is 4.79 Å². The Labute approximate surface area is 80.1 Å². The van der Waals surface area contributed by atoms with E-state index in [2.05, 4.69) is 5.32 Å². The Morgan fingerprint density at radius 2 is 2.23 bits per heavy atom. The molecule has 2 rings (SSSR count). The summed E-state index contributed by atoms with van der Waals surface area (Å²) in [5.41, 5.74) is 0.835. The van der Waals surface area contributed by atoms with Gasteiger partial charge >= 0.3 is 0 Å².